The molecule has 1 aliphatic carbocycles. The summed E-state index contributed by atoms with van der Waals surface area (Å²) in [5.74, 6) is 0.0333. The van der Waals surface area contributed by atoms with E-state index in [9.17, 15) is 4.79 Å². The molecule has 0 unspecified atom stereocenters. The van der Waals surface area contributed by atoms with Crippen molar-refractivity contribution in [1.82, 2.24) is 5.32 Å². The summed E-state index contributed by atoms with van der Waals surface area (Å²) in [6.07, 6.45) is 3.80. The molecule has 3 heteroatoms. The Labute approximate surface area is 102 Å². The van der Waals surface area contributed by atoms with E-state index in [0.29, 0.717) is 6.04 Å². The molecule has 0 radical (unpaired) electrons. The van der Waals surface area contributed by atoms with Gasteiger partial charge in [0.1, 0.15) is 0 Å². The Morgan fingerprint density at radius 3 is 2.71 bits per heavy atom. The molecule has 3 nitrogen and oxygen atoms in total. The molecule has 1 aromatic carbocycles. The summed E-state index contributed by atoms with van der Waals surface area (Å²) in [5, 5.41) is 3.00. The van der Waals surface area contributed by atoms with Gasteiger partial charge in [-0.05, 0) is 55.7 Å². The van der Waals surface area contributed by atoms with Crippen molar-refractivity contribution in [3.63, 3.8) is 0 Å². The van der Waals surface area contributed by atoms with Crippen molar-refractivity contribution in [3.05, 3.63) is 41.1 Å². The zero-order chi connectivity index (χ0) is 12.4. The minimum atomic E-state index is 0.0333. The van der Waals surface area contributed by atoms with Gasteiger partial charge < -0.3 is 11.1 Å². The highest BCUT2D eigenvalue weighted by Gasteiger charge is 2.24. The van der Waals surface area contributed by atoms with E-state index in [-0.39, 0.29) is 5.91 Å². The molecular weight excluding hydrogens is 212 g/mol. The molecule has 1 aliphatic rings. The Hall–Kier alpha value is -1.77. The van der Waals surface area contributed by atoms with E-state index >= 15 is 0 Å². The van der Waals surface area contributed by atoms with Crippen LogP contribution in [0.15, 0.2) is 24.4 Å². The second kappa shape index (κ2) is 4.62. The van der Waals surface area contributed by atoms with Crippen LogP contribution < -0.4 is 11.1 Å². The fourth-order valence-electron chi connectivity index (χ4n) is 1.75. The zero-order valence-electron chi connectivity index (χ0n) is 10.3. The Bertz CT molecular complexity index is 473. The van der Waals surface area contributed by atoms with Gasteiger partial charge in [-0.2, -0.15) is 0 Å². The van der Waals surface area contributed by atoms with Gasteiger partial charge in [0.15, 0.2) is 0 Å². The van der Waals surface area contributed by atoms with Crippen LogP contribution >= 0.6 is 0 Å². The van der Waals surface area contributed by atoms with Crippen LogP contribution in [0, 0.1) is 6.92 Å². The number of aryl methyl sites for hydroxylation is 1. The van der Waals surface area contributed by atoms with Crippen molar-refractivity contribution in [2.45, 2.75) is 32.7 Å². The third kappa shape index (κ3) is 2.67. The maximum atomic E-state index is 11.9. The Morgan fingerprint density at radius 1 is 1.47 bits per heavy atom. The Kier molecular flexibility index (Phi) is 3.18. The molecule has 0 saturated heterocycles. The van der Waals surface area contributed by atoms with Crippen LogP contribution in [0.2, 0.25) is 0 Å². The van der Waals surface area contributed by atoms with Crippen molar-refractivity contribution in [1.29, 1.82) is 0 Å². The molecule has 0 spiro atoms. The van der Waals surface area contributed by atoms with Crippen LogP contribution in [0.25, 0.3) is 5.57 Å². The molecule has 0 atom stereocenters. The van der Waals surface area contributed by atoms with Gasteiger partial charge in [-0.1, -0.05) is 12.1 Å². The lowest BCUT2D eigenvalue weighted by Gasteiger charge is -2.09. The summed E-state index contributed by atoms with van der Waals surface area (Å²) in [5.41, 5.74) is 9.31. The molecule has 17 heavy (non-hydrogen) atoms. The lowest BCUT2D eigenvalue weighted by Crippen LogP contribution is -2.26. The number of rotatable bonds is 3. The number of nitrogens with two attached hydrogens (primary N) is 1. The summed E-state index contributed by atoms with van der Waals surface area (Å²) < 4.78 is 0. The number of hydrogen-bond acceptors (Lipinski definition) is 2. The smallest absolute Gasteiger partial charge is 0.251 e. The second-order valence-electron chi connectivity index (χ2n) is 4.63. The van der Waals surface area contributed by atoms with E-state index in [2.05, 4.69) is 5.32 Å². The third-order valence-corrected chi connectivity index (χ3v) is 3.09. The molecule has 3 N–H and O–H groups in total. The van der Waals surface area contributed by atoms with Crippen molar-refractivity contribution < 1.29 is 4.79 Å². The fraction of sp³-hybridized carbons (Fsp3) is 0.357. The molecule has 90 valence electrons. The Balaban J connectivity index is 2.21. The van der Waals surface area contributed by atoms with Crippen LogP contribution in [0.3, 0.4) is 0 Å². The first kappa shape index (κ1) is 11.7. The first-order valence-corrected chi connectivity index (χ1v) is 5.92. The van der Waals surface area contributed by atoms with E-state index in [1.165, 1.54) is 0 Å². The lowest BCUT2D eigenvalue weighted by atomic mass is 10.0. The lowest BCUT2D eigenvalue weighted by molar-refractivity contribution is 0.0950. The SMILES string of the molecule is C/C(=C\N)c1ccc(C(=O)NC2CC2)c(C)c1. The first-order chi connectivity index (χ1) is 8.11. The van der Waals surface area contributed by atoms with Crippen molar-refractivity contribution in [2.24, 2.45) is 5.73 Å². The molecule has 1 aromatic rings. The Morgan fingerprint density at radius 2 is 2.18 bits per heavy atom. The first-order valence-electron chi connectivity index (χ1n) is 5.92. The van der Waals surface area contributed by atoms with Crippen molar-refractivity contribution in [3.8, 4) is 0 Å². The zero-order valence-corrected chi connectivity index (χ0v) is 10.3. The van der Waals surface area contributed by atoms with Gasteiger partial charge in [0.05, 0.1) is 0 Å². The third-order valence-electron chi connectivity index (χ3n) is 3.09. The molecular formula is C14H18N2O. The fourth-order valence-corrected chi connectivity index (χ4v) is 1.75. The van der Waals surface area contributed by atoms with Gasteiger partial charge >= 0.3 is 0 Å². The van der Waals surface area contributed by atoms with Crippen LogP contribution in [-0.2, 0) is 0 Å². The quantitative estimate of drug-likeness (QED) is 0.836. The predicted octanol–water partition coefficient (Wildman–Crippen LogP) is 2.21. The summed E-state index contributed by atoms with van der Waals surface area (Å²) in [7, 11) is 0. The predicted molar refractivity (Wildman–Crippen MR) is 69.5 cm³/mol. The number of carbonyl (C=O) groups is 1. The van der Waals surface area contributed by atoms with Crippen LogP contribution in [0.4, 0.5) is 0 Å². The molecule has 0 aliphatic heterocycles. The standard InChI is InChI=1S/C14H18N2O/c1-9-7-11(10(2)8-15)3-6-13(9)14(17)16-12-4-5-12/h3,6-8,12H,4-5,15H2,1-2H3,(H,16,17)/b10-8+. The molecule has 1 amide bonds. The monoisotopic (exact) mass is 230 g/mol. The molecule has 0 bridgehead atoms. The molecule has 0 aromatic heterocycles. The van der Waals surface area contributed by atoms with Crippen LogP contribution in [-0.4, -0.2) is 11.9 Å². The number of carbonyl (C=O) groups excluding carboxylic acids is 1. The number of nitrogens with one attached hydrogen (secondary N) is 1. The van der Waals surface area contributed by atoms with Crippen molar-refractivity contribution >= 4 is 11.5 Å². The highest BCUT2D eigenvalue weighted by atomic mass is 16.1. The number of benzene rings is 1. The van der Waals surface area contributed by atoms with E-state index in [4.69, 9.17) is 5.73 Å². The van der Waals surface area contributed by atoms with E-state index < -0.39 is 0 Å². The molecule has 1 saturated carbocycles. The van der Waals surface area contributed by atoms with Gasteiger partial charge in [0, 0.05) is 11.6 Å². The summed E-state index contributed by atoms with van der Waals surface area (Å²) in [6.45, 7) is 3.91. The topological polar surface area (TPSA) is 55.1 Å². The van der Waals surface area contributed by atoms with Gasteiger partial charge in [-0.25, -0.2) is 0 Å². The van der Waals surface area contributed by atoms with Gasteiger partial charge in [-0.15, -0.1) is 0 Å². The highest BCUT2D eigenvalue weighted by Crippen LogP contribution is 2.21. The molecule has 1 fully saturated rings. The van der Waals surface area contributed by atoms with Crippen LogP contribution in [0.5, 0.6) is 0 Å². The number of hydrogen-bond donors (Lipinski definition) is 2. The minimum absolute atomic E-state index is 0.0333. The largest absolute Gasteiger partial charge is 0.404 e. The summed E-state index contributed by atoms with van der Waals surface area (Å²) in [6, 6.07) is 6.20. The summed E-state index contributed by atoms with van der Waals surface area (Å²) in [4.78, 5) is 11.9. The average Bonchev–Trinajstić information content (AvgIpc) is 3.11. The van der Waals surface area contributed by atoms with E-state index in [1.54, 1.807) is 6.20 Å². The number of amides is 1. The van der Waals surface area contributed by atoms with Gasteiger partial charge in [0.25, 0.3) is 5.91 Å². The minimum Gasteiger partial charge on any atom is -0.404 e. The number of allylic oxidation sites excluding steroid dienone is 1. The summed E-state index contributed by atoms with van der Waals surface area (Å²) >= 11 is 0. The molecule has 2 rings (SSSR count). The molecule has 0 heterocycles. The average molecular weight is 230 g/mol. The van der Waals surface area contributed by atoms with Crippen molar-refractivity contribution in [2.75, 3.05) is 0 Å². The van der Waals surface area contributed by atoms with Crippen LogP contribution in [0.1, 0.15) is 41.3 Å². The maximum Gasteiger partial charge on any atom is 0.251 e. The highest BCUT2D eigenvalue weighted by molar-refractivity contribution is 5.96. The van der Waals surface area contributed by atoms with Gasteiger partial charge in [0.2, 0.25) is 0 Å². The van der Waals surface area contributed by atoms with Gasteiger partial charge in [-0.3, -0.25) is 4.79 Å². The normalized spacial score (nSPS) is 15.8. The second-order valence-corrected chi connectivity index (χ2v) is 4.63. The maximum absolute atomic E-state index is 11.9. The van der Waals surface area contributed by atoms with E-state index in [1.807, 2.05) is 32.0 Å². The van der Waals surface area contributed by atoms with E-state index in [0.717, 1.165) is 35.1 Å².